The molecule has 3 aromatic rings. The first kappa shape index (κ1) is 23.4. The van der Waals surface area contributed by atoms with E-state index in [-0.39, 0.29) is 37.5 Å². The number of benzene rings is 2. The minimum absolute atomic E-state index is 0.0862. The maximum absolute atomic E-state index is 12.8. The Morgan fingerprint density at radius 2 is 1.31 bits per heavy atom. The average molecular weight is 492 g/mol. The molecule has 2 aliphatic rings. The molecule has 8 heteroatoms. The fourth-order valence-electron chi connectivity index (χ4n) is 4.75. The molecule has 0 saturated carbocycles. The predicted molar refractivity (Wildman–Crippen MR) is 133 cm³/mol. The summed E-state index contributed by atoms with van der Waals surface area (Å²) in [5.41, 5.74) is 2.81. The molecule has 0 aliphatic carbocycles. The molecule has 0 bridgehead atoms. The number of likely N-dealkylation sites (tertiary alicyclic amines) is 2. The van der Waals surface area contributed by atoms with Gasteiger partial charge in [-0.3, -0.25) is 9.80 Å². The smallest absolute Gasteiger partial charge is 0.410 e. The van der Waals surface area contributed by atoms with Crippen molar-refractivity contribution in [3.8, 4) is 0 Å². The molecular formula is C27H29N3O4S. The number of aromatic nitrogens is 1. The number of nitrogens with zero attached hydrogens (tertiary/aromatic N) is 3. The van der Waals surface area contributed by atoms with Gasteiger partial charge in [0.1, 0.15) is 18.2 Å². The molecule has 2 aromatic carbocycles. The molecule has 2 amide bonds. The van der Waals surface area contributed by atoms with Crippen molar-refractivity contribution in [2.45, 2.75) is 51.0 Å². The molecule has 2 saturated heterocycles. The summed E-state index contributed by atoms with van der Waals surface area (Å²) in [6.45, 7) is 1.84. The highest BCUT2D eigenvalue weighted by Gasteiger charge is 2.36. The minimum Gasteiger partial charge on any atom is -0.445 e. The summed E-state index contributed by atoms with van der Waals surface area (Å²) < 4.78 is 11.2. The highest BCUT2D eigenvalue weighted by molar-refractivity contribution is 7.09. The quantitative estimate of drug-likeness (QED) is 0.417. The van der Waals surface area contributed by atoms with Gasteiger partial charge in [-0.25, -0.2) is 14.6 Å². The number of thiazole rings is 1. The van der Waals surface area contributed by atoms with E-state index >= 15 is 0 Å². The Labute approximate surface area is 209 Å². The molecule has 5 rings (SSSR count). The summed E-state index contributed by atoms with van der Waals surface area (Å²) in [7, 11) is 0. The molecule has 35 heavy (non-hydrogen) atoms. The van der Waals surface area contributed by atoms with Gasteiger partial charge in [0.2, 0.25) is 0 Å². The lowest BCUT2D eigenvalue weighted by Gasteiger charge is -2.24. The summed E-state index contributed by atoms with van der Waals surface area (Å²) in [6.07, 6.45) is 2.94. The van der Waals surface area contributed by atoms with E-state index < -0.39 is 0 Å². The lowest BCUT2D eigenvalue weighted by atomic mass is 10.1. The first-order valence-electron chi connectivity index (χ1n) is 12.1. The highest BCUT2D eigenvalue weighted by Crippen LogP contribution is 2.38. The van der Waals surface area contributed by atoms with E-state index in [2.05, 4.69) is 0 Å². The fraction of sp³-hybridized carbons (Fsp3) is 0.370. The molecule has 0 N–H and O–H groups in total. The monoisotopic (exact) mass is 491 g/mol. The van der Waals surface area contributed by atoms with Crippen LogP contribution < -0.4 is 0 Å². The first-order valence-corrected chi connectivity index (χ1v) is 13.0. The van der Waals surface area contributed by atoms with Crippen LogP contribution in [0.2, 0.25) is 0 Å². The number of carbonyl (C=O) groups excluding carboxylic acids is 2. The van der Waals surface area contributed by atoms with Gasteiger partial charge < -0.3 is 9.47 Å². The van der Waals surface area contributed by atoms with Crippen molar-refractivity contribution >= 4 is 23.5 Å². The number of carbonyl (C=O) groups is 2. The van der Waals surface area contributed by atoms with Crippen molar-refractivity contribution in [3.63, 3.8) is 0 Å². The van der Waals surface area contributed by atoms with Crippen LogP contribution in [0.5, 0.6) is 0 Å². The Morgan fingerprint density at radius 3 is 1.89 bits per heavy atom. The van der Waals surface area contributed by atoms with E-state index in [1.54, 1.807) is 21.1 Å². The first-order chi connectivity index (χ1) is 17.2. The third-order valence-corrected chi connectivity index (χ3v) is 7.52. The summed E-state index contributed by atoms with van der Waals surface area (Å²) >= 11 is 1.55. The van der Waals surface area contributed by atoms with Gasteiger partial charge >= 0.3 is 12.2 Å². The molecule has 2 unspecified atom stereocenters. The topological polar surface area (TPSA) is 72.0 Å². The molecule has 1 aromatic heterocycles. The minimum atomic E-state index is -0.308. The Balaban J connectivity index is 1.21. The summed E-state index contributed by atoms with van der Waals surface area (Å²) in [5, 5.41) is 2.92. The lowest BCUT2D eigenvalue weighted by Crippen LogP contribution is -2.32. The van der Waals surface area contributed by atoms with Crippen LogP contribution in [0.25, 0.3) is 0 Å². The van der Waals surface area contributed by atoms with E-state index in [0.29, 0.717) is 13.1 Å². The molecule has 3 heterocycles. The van der Waals surface area contributed by atoms with E-state index in [0.717, 1.165) is 47.5 Å². The van der Waals surface area contributed by atoms with E-state index in [9.17, 15) is 9.59 Å². The molecule has 7 nitrogen and oxygen atoms in total. The van der Waals surface area contributed by atoms with Crippen LogP contribution in [0.1, 0.15) is 59.6 Å². The SMILES string of the molecule is O=C(OCc1ccccc1)N1CCCC1c1csc(C2CCCN2C(=O)OCc2ccccc2)n1. The number of hydrogen-bond acceptors (Lipinski definition) is 6. The molecule has 182 valence electrons. The van der Waals surface area contributed by atoms with Crippen LogP contribution in [0.3, 0.4) is 0 Å². The second-order valence-corrected chi connectivity index (χ2v) is 9.78. The maximum atomic E-state index is 12.8. The zero-order valence-corrected chi connectivity index (χ0v) is 20.4. The lowest BCUT2D eigenvalue weighted by molar-refractivity contribution is 0.0912. The molecule has 2 aliphatic heterocycles. The number of rotatable bonds is 6. The van der Waals surface area contributed by atoms with Crippen molar-refractivity contribution in [3.05, 3.63) is 87.9 Å². The standard InChI is InChI=1S/C27H29N3O4S/c31-26(33-17-20-9-3-1-4-10-20)29-15-7-13-23(29)22-19-35-25(28-22)24-14-8-16-30(24)27(32)34-18-21-11-5-2-6-12-21/h1-6,9-12,19,23-24H,7-8,13-18H2. The summed E-state index contributed by atoms with van der Waals surface area (Å²) in [5.74, 6) is 0. The third-order valence-electron chi connectivity index (χ3n) is 6.55. The van der Waals surface area contributed by atoms with Crippen LogP contribution in [0, 0.1) is 0 Å². The van der Waals surface area contributed by atoms with Gasteiger partial charge in [-0.05, 0) is 36.8 Å². The highest BCUT2D eigenvalue weighted by atomic mass is 32.1. The van der Waals surface area contributed by atoms with Crippen LogP contribution in [0.4, 0.5) is 9.59 Å². The molecule has 0 radical (unpaired) electrons. The van der Waals surface area contributed by atoms with E-state index in [1.807, 2.05) is 66.0 Å². The van der Waals surface area contributed by atoms with Crippen molar-refractivity contribution in [2.75, 3.05) is 13.1 Å². The van der Waals surface area contributed by atoms with Crippen LogP contribution in [0.15, 0.2) is 66.0 Å². The van der Waals surface area contributed by atoms with Crippen molar-refractivity contribution < 1.29 is 19.1 Å². The average Bonchev–Trinajstić information content (AvgIpc) is 3.67. The number of hydrogen-bond donors (Lipinski definition) is 0. The van der Waals surface area contributed by atoms with Crippen molar-refractivity contribution in [1.29, 1.82) is 0 Å². The normalized spacial score (nSPS) is 19.7. The zero-order valence-electron chi connectivity index (χ0n) is 19.5. The fourth-order valence-corrected chi connectivity index (χ4v) is 5.76. The van der Waals surface area contributed by atoms with Gasteiger partial charge in [0.25, 0.3) is 0 Å². The predicted octanol–water partition coefficient (Wildman–Crippen LogP) is 6.09. The van der Waals surface area contributed by atoms with E-state index in [1.165, 1.54) is 0 Å². The third kappa shape index (κ3) is 5.48. The molecule has 2 atom stereocenters. The van der Waals surface area contributed by atoms with Crippen LogP contribution >= 0.6 is 11.3 Å². The summed E-state index contributed by atoms with van der Waals surface area (Å²) in [6, 6.07) is 19.2. The van der Waals surface area contributed by atoms with Crippen LogP contribution in [-0.2, 0) is 22.7 Å². The molecule has 0 spiro atoms. The second kappa shape index (κ2) is 10.9. The van der Waals surface area contributed by atoms with Gasteiger partial charge in [-0.1, -0.05) is 60.7 Å². The zero-order chi connectivity index (χ0) is 24.0. The van der Waals surface area contributed by atoms with Gasteiger partial charge in [-0.2, -0.15) is 0 Å². The van der Waals surface area contributed by atoms with Gasteiger partial charge in [0.15, 0.2) is 0 Å². The Hall–Kier alpha value is -3.39. The number of ether oxygens (including phenoxy) is 2. The molecule has 2 fully saturated rings. The maximum Gasteiger partial charge on any atom is 0.410 e. The van der Waals surface area contributed by atoms with Gasteiger partial charge in [0.05, 0.1) is 17.8 Å². The Morgan fingerprint density at radius 1 is 0.800 bits per heavy atom. The number of amides is 2. The largest absolute Gasteiger partial charge is 0.445 e. The van der Waals surface area contributed by atoms with E-state index in [4.69, 9.17) is 14.5 Å². The van der Waals surface area contributed by atoms with Crippen molar-refractivity contribution in [2.24, 2.45) is 0 Å². The van der Waals surface area contributed by atoms with Gasteiger partial charge in [-0.15, -0.1) is 11.3 Å². The van der Waals surface area contributed by atoms with Crippen molar-refractivity contribution in [1.82, 2.24) is 14.8 Å². The van der Waals surface area contributed by atoms with Crippen LogP contribution in [-0.4, -0.2) is 40.1 Å². The Kier molecular flexibility index (Phi) is 7.28. The molecular weight excluding hydrogens is 462 g/mol. The van der Waals surface area contributed by atoms with Gasteiger partial charge in [0, 0.05) is 18.5 Å². The summed E-state index contributed by atoms with van der Waals surface area (Å²) in [4.78, 5) is 34.1. The Bertz CT molecular complexity index is 1050. The second-order valence-electron chi connectivity index (χ2n) is 8.89.